The van der Waals surface area contributed by atoms with Crippen LogP contribution < -0.4 is 5.73 Å². The van der Waals surface area contributed by atoms with Crippen molar-refractivity contribution in [2.75, 3.05) is 12.3 Å². The predicted molar refractivity (Wildman–Crippen MR) is 61.4 cm³/mol. The van der Waals surface area contributed by atoms with Crippen molar-refractivity contribution in [3.05, 3.63) is 39.8 Å². The van der Waals surface area contributed by atoms with Crippen LogP contribution in [0.2, 0.25) is 0 Å². The van der Waals surface area contributed by atoms with Crippen LogP contribution in [0.1, 0.15) is 17.5 Å². The first kappa shape index (κ1) is 13.7. The number of nitrogens with two attached hydrogens (primary N) is 1. The second kappa shape index (κ2) is 5.84. The van der Waals surface area contributed by atoms with Gasteiger partial charge in [-0.2, -0.15) is 13.2 Å². The number of benzene rings is 1. The van der Waals surface area contributed by atoms with Gasteiger partial charge in [0, 0.05) is 29.1 Å². The Bertz CT molecular complexity index is 533. The minimum absolute atomic E-state index is 0.185. The SMILES string of the molecule is [N-]=[N+]=NCCC#Cc1ccc(N)c(C(F)(F)F)c1. The smallest absolute Gasteiger partial charge is 0.398 e. The van der Waals surface area contributed by atoms with Crippen molar-refractivity contribution in [2.24, 2.45) is 5.11 Å². The third-order valence-corrected chi connectivity index (χ3v) is 1.99. The quantitative estimate of drug-likeness (QED) is 0.215. The van der Waals surface area contributed by atoms with Gasteiger partial charge in [-0.25, -0.2) is 0 Å². The molecular weight excluding hydrogens is 245 g/mol. The van der Waals surface area contributed by atoms with E-state index < -0.39 is 11.7 Å². The standard InChI is InChI=1S/C11H9F3N4/c12-11(13,14)9-7-8(4-5-10(9)15)3-1-2-6-17-18-16/h4-5,7H,2,6,15H2. The van der Waals surface area contributed by atoms with E-state index in [9.17, 15) is 13.2 Å². The maximum absolute atomic E-state index is 12.5. The number of azide groups is 1. The molecule has 0 radical (unpaired) electrons. The average Bonchev–Trinajstić information content (AvgIpc) is 2.29. The fourth-order valence-corrected chi connectivity index (χ4v) is 1.19. The van der Waals surface area contributed by atoms with Gasteiger partial charge in [-0.15, -0.1) is 0 Å². The molecule has 18 heavy (non-hydrogen) atoms. The zero-order valence-corrected chi connectivity index (χ0v) is 9.20. The van der Waals surface area contributed by atoms with Gasteiger partial charge in [-0.1, -0.05) is 17.0 Å². The summed E-state index contributed by atoms with van der Waals surface area (Å²) < 4.78 is 37.6. The second-order valence-electron chi connectivity index (χ2n) is 3.31. The highest BCUT2D eigenvalue weighted by Crippen LogP contribution is 2.33. The van der Waals surface area contributed by atoms with Crippen LogP contribution >= 0.6 is 0 Å². The molecule has 94 valence electrons. The molecule has 1 aromatic rings. The van der Waals surface area contributed by atoms with Crippen molar-refractivity contribution in [1.29, 1.82) is 0 Å². The van der Waals surface area contributed by atoms with Crippen molar-refractivity contribution in [3.63, 3.8) is 0 Å². The molecule has 0 bridgehead atoms. The lowest BCUT2D eigenvalue weighted by molar-refractivity contribution is -0.136. The Morgan fingerprint density at radius 1 is 1.39 bits per heavy atom. The van der Waals surface area contributed by atoms with E-state index in [1.807, 2.05) is 0 Å². The summed E-state index contributed by atoms with van der Waals surface area (Å²) >= 11 is 0. The lowest BCUT2D eigenvalue weighted by Gasteiger charge is -2.09. The van der Waals surface area contributed by atoms with Crippen molar-refractivity contribution >= 4 is 5.69 Å². The summed E-state index contributed by atoms with van der Waals surface area (Å²) in [5.41, 5.74) is 12.2. The number of nitrogens with zero attached hydrogens (tertiary/aromatic N) is 3. The number of anilines is 1. The third kappa shape index (κ3) is 3.92. The number of alkyl halides is 3. The van der Waals surface area contributed by atoms with Crippen LogP contribution in [0.5, 0.6) is 0 Å². The summed E-state index contributed by atoms with van der Waals surface area (Å²) in [5, 5.41) is 3.25. The van der Waals surface area contributed by atoms with Gasteiger partial charge in [0.2, 0.25) is 0 Å². The number of rotatable bonds is 2. The van der Waals surface area contributed by atoms with E-state index >= 15 is 0 Å². The molecule has 2 N–H and O–H groups in total. The second-order valence-corrected chi connectivity index (χ2v) is 3.31. The summed E-state index contributed by atoms with van der Waals surface area (Å²) in [6, 6.07) is 3.47. The number of nitrogen functional groups attached to an aromatic ring is 1. The molecule has 0 aliphatic carbocycles. The van der Waals surface area contributed by atoms with Crippen LogP contribution in [0.15, 0.2) is 23.3 Å². The van der Waals surface area contributed by atoms with Crippen LogP contribution in [-0.2, 0) is 6.18 Å². The fraction of sp³-hybridized carbons (Fsp3) is 0.273. The Hall–Kier alpha value is -2.32. The van der Waals surface area contributed by atoms with Gasteiger partial charge in [0.1, 0.15) is 0 Å². The number of halogens is 3. The molecule has 0 aliphatic rings. The first-order valence-electron chi connectivity index (χ1n) is 4.91. The average molecular weight is 254 g/mol. The molecule has 1 rings (SSSR count). The highest BCUT2D eigenvalue weighted by atomic mass is 19.4. The maximum Gasteiger partial charge on any atom is 0.418 e. The molecule has 0 amide bonds. The highest BCUT2D eigenvalue weighted by Gasteiger charge is 2.32. The molecule has 0 aliphatic heterocycles. The Balaban J connectivity index is 2.89. The largest absolute Gasteiger partial charge is 0.418 e. The minimum atomic E-state index is -4.49. The minimum Gasteiger partial charge on any atom is -0.398 e. The fourth-order valence-electron chi connectivity index (χ4n) is 1.19. The summed E-state index contributed by atoms with van der Waals surface area (Å²) in [6.45, 7) is 0.185. The highest BCUT2D eigenvalue weighted by molar-refractivity contribution is 5.53. The Labute approximate surface area is 101 Å². The van der Waals surface area contributed by atoms with E-state index in [-0.39, 0.29) is 24.2 Å². The summed E-state index contributed by atoms with van der Waals surface area (Å²) in [5.74, 6) is 5.17. The summed E-state index contributed by atoms with van der Waals surface area (Å²) in [4.78, 5) is 2.53. The van der Waals surface area contributed by atoms with Crippen LogP contribution in [0.25, 0.3) is 10.4 Å². The zero-order valence-electron chi connectivity index (χ0n) is 9.20. The molecule has 4 nitrogen and oxygen atoms in total. The topological polar surface area (TPSA) is 74.8 Å². The predicted octanol–water partition coefficient (Wildman–Crippen LogP) is 3.34. The van der Waals surface area contributed by atoms with Crippen LogP contribution in [0.4, 0.5) is 18.9 Å². The zero-order chi connectivity index (χ0) is 13.6. The van der Waals surface area contributed by atoms with E-state index in [0.717, 1.165) is 6.07 Å². The van der Waals surface area contributed by atoms with Crippen molar-refractivity contribution in [3.8, 4) is 11.8 Å². The van der Waals surface area contributed by atoms with Gasteiger partial charge in [0.25, 0.3) is 0 Å². The Kier molecular flexibility index (Phi) is 4.46. The van der Waals surface area contributed by atoms with E-state index in [1.165, 1.54) is 12.1 Å². The van der Waals surface area contributed by atoms with E-state index in [2.05, 4.69) is 21.9 Å². The molecule has 7 heteroatoms. The molecule has 0 heterocycles. The molecule has 0 atom stereocenters. The lowest BCUT2D eigenvalue weighted by Crippen LogP contribution is -2.09. The van der Waals surface area contributed by atoms with Crippen LogP contribution in [0, 0.1) is 11.8 Å². The maximum atomic E-state index is 12.5. The normalized spacial score (nSPS) is 10.2. The molecule has 0 spiro atoms. The third-order valence-electron chi connectivity index (χ3n) is 1.99. The summed E-state index contributed by atoms with van der Waals surface area (Å²) in [7, 11) is 0. The number of hydrogen-bond donors (Lipinski definition) is 1. The summed E-state index contributed by atoms with van der Waals surface area (Å²) in [6.07, 6.45) is -4.21. The van der Waals surface area contributed by atoms with Crippen molar-refractivity contribution in [1.82, 2.24) is 0 Å². The monoisotopic (exact) mass is 254 g/mol. The van der Waals surface area contributed by atoms with Crippen molar-refractivity contribution in [2.45, 2.75) is 12.6 Å². The lowest BCUT2D eigenvalue weighted by atomic mass is 10.1. The van der Waals surface area contributed by atoms with Gasteiger partial charge in [-0.3, -0.25) is 0 Å². The molecular formula is C11H9F3N4. The Morgan fingerprint density at radius 2 is 2.11 bits per heavy atom. The van der Waals surface area contributed by atoms with E-state index in [4.69, 9.17) is 11.3 Å². The van der Waals surface area contributed by atoms with E-state index in [1.54, 1.807) is 0 Å². The van der Waals surface area contributed by atoms with Gasteiger partial charge in [-0.05, 0) is 23.7 Å². The van der Waals surface area contributed by atoms with Gasteiger partial charge in [0.05, 0.1) is 5.56 Å². The molecule has 1 aromatic carbocycles. The molecule has 0 fully saturated rings. The van der Waals surface area contributed by atoms with E-state index in [0.29, 0.717) is 0 Å². The number of hydrogen-bond acceptors (Lipinski definition) is 2. The molecule has 0 unspecified atom stereocenters. The molecule has 0 aromatic heterocycles. The van der Waals surface area contributed by atoms with Gasteiger partial charge in [0.15, 0.2) is 0 Å². The van der Waals surface area contributed by atoms with Crippen LogP contribution in [0.3, 0.4) is 0 Å². The molecule has 0 saturated heterocycles. The van der Waals surface area contributed by atoms with Gasteiger partial charge >= 0.3 is 6.18 Å². The Morgan fingerprint density at radius 3 is 2.72 bits per heavy atom. The first-order chi connectivity index (χ1) is 8.45. The van der Waals surface area contributed by atoms with Crippen molar-refractivity contribution < 1.29 is 13.2 Å². The molecule has 0 saturated carbocycles. The first-order valence-corrected chi connectivity index (χ1v) is 4.91. The van der Waals surface area contributed by atoms with Gasteiger partial charge < -0.3 is 5.73 Å². The van der Waals surface area contributed by atoms with Crippen LogP contribution in [-0.4, -0.2) is 6.54 Å².